The van der Waals surface area contributed by atoms with E-state index in [1.54, 1.807) is 55.5 Å². The summed E-state index contributed by atoms with van der Waals surface area (Å²) in [6.07, 6.45) is 3.84. The van der Waals surface area contributed by atoms with E-state index in [0.717, 1.165) is 30.0 Å². The average molecular weight is 623 g/mol. The van der Waals surface area contributed by atoms with Gasteiger partial charge in [0.1, 0.15) is 12.6 Å². The Morgan fingerprint density at radius 1 is 0.925 bits per heavy atom. The Morgan fingerprint density at radius 2 is 1.55 bits per heavy atom. The molecule has 1 aliphatic rings. The van der Waals surface area contributed by atoms with Gasteiger partial charge in [-0.05, 0) is 73.9 Å². The van der Waals surface area contributed by atoms with Crippen molar-refractivity contribution in [2.75, 3.05) is 10.8 Å². The number of hydrogen-bond donors (Lipinski definition) is 1. The summed E-state index contributed by atoms with van der Waals surface area (Å²) in [6.45, 7) is 1.06. The summed E-state index contributed by atoms with van der Waals surface area (Å²) >= 11 is 18.6. The van der Waals surface area contributed by atoms with Crippen LogP contribution in [0.2, 0.25) is 15.1 Å². The maximum atomic E-state index is 14.0. The smallest absolute Gasteiger partial charge is 0.264 e. The van der Waals surface area contributed by atoms with Crippen LogP contribution in [-0.2, 0) is 26.2 Å². The lowest BCUT2D eigenvalue weighted by Crippen LogP contribution is -2.52. The minimum Gasteiger partial charge on any atom is -0.352 e. The van der Waals surface area contributed by atoms with E-state index in [4.69, 9.17) is 34.8 Å². The number of halogens is 3. The molecule has 1 fully saturated rings. The predicted molar refractivity (Wildman–Crippen MR) is 159 cm³/mol. The molecule has 1 aliphatic carbocycles. The second kappa shape index (κ2) is 13.3. The van der Waals surface area contributed by atoms with Crippen molar-refractivity contribution >= 4 is 62.3 Å². The molecule has 0 aliphatic heterocycles. The predicted octanol–water partition coefficient (Wildman–Crippen LogP) is 6.32. The van der Waals surface area contributed by atoms with Crippen LogP contribution in [0.1, 0.15) is 38.2 Å². The fourth-order valence-corrected chi connectivity index (χ4v) is 6.69. The first-order chi connectivity index (χ1) is 19.1. The molecule has 3 aromatic rings. The quantitative estimate of drug-likeness (QED) is 0.287. The molecule has 3 aromatic carbocycles. The van der Waals surface area contributed by atoms with Crippen molar-refractivity contribution in [2.24, 2.45) is 0 Å². The minimum absolute atomic E-state index is 0.0199. The number of benzene rings is 3. The molecule has 212 valence electrons. The number of nitrogens with zero attached hydrogens (tertiary/aromatic N) is 2. The molecule has 1 N–H and O–H groups in total. The van der Waals surface area contributed by atoms with Crippen LogP contribution in [0, 0.1) is 0 Å². The molecule has 7 nitrogen and oxygen atoms in total. The van der Waals surface area contributed by atoms with Gasteiger partial charge in [-0.1, -0.05) is 71.9 Å². The molecule has 1 atom stereocenters. The Labute approximate surface area is 250 Å². The zero-order valence-corrected chi connectivity index (χ0v) is 25.0. The summed E-state index contributed by atoms with van der Waals surface area (Å²) in [6, 6.07) is 18.1. The first-order valence-electron chi connectivity index (χ1n) is 12.9. The van der Waals surface area contributed by atoms with E-state index in [0.29, 0.717) is 20.6 Å². The molecular weight excluding hydrogens is 593 g/mol. The Morgan fingerprint density at radius 3 is 2.17 bits per heavy atom. The topological polar surface area (TPSA) is 86.8 Å². The van der Waals surface area contributed by atoms with E-state index in [9.17, 15) is 18.0 Å². The fourth-order valence-electron chi connectivity index (χ4n) is 4.66. The van der Waals surface area contributed by atoms with Gasteiger partial charge in [-0.25, -0.2) is 8.42 Å². The number of nitrogens with one attached hydrogen (secondary N) is 1. The zero-order valence-electron chi connectivity index (χ0n) is 21.9. The van der Waals surface area contributed by atoms with E-state index in [1.807, 2.05) is 0 Å². The number of rotatable bonds is 10. The van der Waals surface area contributed by atoms with Gasteiger partial charge in [-0.15, -0.1) is 0 Å². The molecule has 1 saturated carbocycles. The number of anilines is 1. The summed E-state index contributed by atoms with van der Waals surface area (Å²) in [4.78, 5) is 28.6. The highest BCUT2D eigenvalue weighted by Crippen LogP contribution is 2.27. The number of sulfonamides is 1. The van der Waals surface area contributed by atoms with Crippen LogP contribution in [0.4, 0.5) is 5.69 Å². The van der Waals surface area contributed by atoms with Gasteiger partial charge in [0.05, 0.1) is 10.6 Å². The van der Waals surface area contributed by atoms with Crippen LogP contribution in [0.3, 0.4) is 0 Å². The van der Waals surface area contributed by atoms with E-state index in [-0.39, 0.29) is 29.1 Å². The lowest BCUT2D eigenvalue weighted by molar-refractivity contribution is -0.139. The molecule has 11 heteroatoms. The van der Waals surface area contributed by atoms with E-state index < -0.39 is 28.5 Å². The van der Waals surface area contributed by atoms with Gasteiger partial charge in [0.25, 0.3) is 10.0 Å². The number of carbonyl (C=O) groups is 2. The van der Waals surface area contributed by atoms with Crippen molar-refractivity contribution < 1.29 is 18.0 Å². The molecule has 40 heavy (non-hydrogen) atoms. The third-order valence-corrected chi connectivity index (χ3v) is 9.58. The third kappa shape index (κ3) is 7.29. The first-order valence-corrected chi connectivity index (χ1v) is 15.5. The van der Waals surface area contributed by atoms with Crippen molar-refractivity contribution in [3.63, 3.8) is 0 Å². The molecule has 0 aromatic heterocycles. The molecule has 0 spiro atoms. The monoisotopic (exact) mass is 621 g/mol. The van der Waals surface area contributed by atoms with Crippen LogP contribution < -0.4 is 9.62 Å². The first kappa shape index (κ1) is 30.2. The SMILES string of the molecule is C[C@H](C(=O)NC1CCCC1)N(Cc1ccc(Cl)cc1Cl)C(=O)CN(c1ccc(Cl)cc1)S(=O)(=O)c1ccccc1. The van der Waals surface area contributed by atoms with E-state index in [2.05, 4.69) is 5.32 Å². The Hall–Kier alpha value is -2.78. The van der Waals surface area contributed by atoms with Crippen molar-refractivity contribution in [2.45, 2.75) is 56.1 Å². The minimum atomic E-state index is -4.15. The molecule has 0 heterocycles. The highest BCUT2D eigenvalue weighted by molar-refractivity contribution is 7.92. The Kier molecular flexibility index (Phi) is 10.0. The molecule has 2 amide bonds. The van der Waals surface area contributed by atoms with Crippen LogP contribution in [-0.4, -0.2) is 43.8 Å². The lowest BCUT2D eigenvalue weighted by Gasteiger charge is -2.32. The van der Waals surface area contributed by atoms with Gasteiger partial charge in [-0.3, -0.25) is 13.9 Å². The molecule has 4 rings (SSSR count). The van der Waals surface area contributed by atoms with Gasteiger partial charge in [0, 0.05) is 27.7 Å². The van der Waals surface area contributed by atoms with Gasteiger partial charge in [0.2, 0.25) is 11.8 Å². The van der Waals surface area contributed by atoms with E-state index >= 15 is 0 Å². The van der Waals surface area contributed by atoms with Crippen LogP contribution in [0.25, 0.3) is 0 Å². The van der Waals surface area contributed by atoms with Crippen molar-refractivity contribution in [3.05, 3.63) is 93.4 Å². The molecule has 0 unspecified atom stereocenters. The number of amides is 2. The molecule has 0 saturated heterocycles. The maximum Gasteiger partial charge on any atom is 0.264 e. The highest BCUT2D eigenvalue weighted by Gasteiger charge is 2.33. The second-order valence-corrected chi connectivity index (χ2v) is 12.9. The normalized spacial score (nSPS) is 14.5. The molecular formula is C29H30Cl3N3O4S. The number of carbonyl (C=O) groups excluding carboxylic acids is 2. The van der Waals surface area contributed by atoms with Gasteiger partial charge in [0.15, 0.2) is 0 Å². The largest absolute Gasteiger partial charge is 0.352 e. The maximum absolute atomic E-state index is 14.0. The summed E-state index contributed by atoms with van der Waals surface area (Å²) < 4.78 is 28.6. The summed E-state index contributed by atoms with van der Waals surface area (Å²) in [5.41, 5.74) is 0.832. The van der Waals surface area contributed by atoms with Crippen molar-refractivity contribution in [1.29, 1.82) is 0 Å². The second-order valence-electron chi connectivity index (χ2n) is 9.72. The van der Waals surface area contributed by atoms with E-state index in [1.165, 1.54) is 29.2 Å². The highest BCUT2D eigenvalue weighted by atomic mass is 35.5. The van der Waals surface area contributed by atoms with Crippen LogP contribution in [0.15, 0.2) is 77.7 Å². The Bertz CT molecular complexity index is 1450. The Balaban J connectivity index is 1.69. The fraction of sp³-hybridized carbons (Fsp3) is 0.310. The van der Waals surface area contributed by atoms with Gasteiger partial charge < -0.3 is 10.2 Å². The number of hydrogen-bond acceptors (Lipinski definition) is 4. The summed E-state index contributed by atoms with van der Waals surface area (Å²) in [5, 5.41) is 4.22. The average Bonchev–Trinajstić information content (AvgIpc) is 3.45. The van der Waals surface area contributed by atoms with Crippen molar-refractivity contribution in [1.82, 2.24) is 10.2 Å². The molecule has 0 radical (unpaired) electrons. The van der Waals surface area contributed by atoms with Crippen LogP contribution >= 0.6 is 34.8 Å². The molecule has 0 bridgehead atoms. The van der Waals surface area contributed by atoms with Gasteiger partial charge >= 0.3 is 0 Å². The van der Waals surface area contributed by atoms with Crippen LogP contribution in [0.5, 0.6) is 0 Å². The lowest BCUT2D eigenvalue weighted by atomic mass is 10.1. The standard InChI is InChI=1S/C29H30Cl3N3O4S/c1-20(29(37)33-24-7-5-6-8-24)34(18-21-11-12-23(31)17-27(21)32)28(36)19-35(25-15-13-22(30)14-16-25)40(38,39)26-9-3-2-4-10-26/h2-4,9-17,20,24H,5-8,18-19H2,1H3,(H,33,37)/t20-/m1/s1. The summed E-state index contributed by atoms with van der Waals surface area (Å²) in [5.74, 6) is -0.885. The van der Waals surface area contributed by atoms with Crippen molar-refractivity contribution in [3.8, 4) is 0 Å². The summed E-state index contributed by atoms with van der Waals surface area (Å²) in [7, 11) is -4.15. The zero-order chi connectivity index (χ0) is 28.9. The van der Waals surface area contributed by atoms with Gasteiger partial charge in [-0.2, -0.15) is 0 Å². The third-order valence-electron chi connectivity index (χ3n) is 6.95.